The lowest BCUT2D eigenvalue weighted by Crippen LogP contribution is -2.43. The van der Waals surface area contributed by atoms with E-state index in [0.29, 0.717) is 29.0 Å². The molecular weight excluding hydrogens is 466 g/mol. The molecule has 1 aliphatic rings. The maximum atomic E-state index is 14.6. The summed E-state index contributed by atoms with van der Waals surface area (Å²) < 4.78 is 40.2. The van der Waals surface area contributed by atoms with E-state index in [1.807, 2.05) is 31.2 Å². The van der Waals surface area contributed by atoms with Gasteiger partial charge in [-0.3, -0.25) is 9.59 Å². The van der Waals surface area contributed by atoms with Crippen LogP contribution in [-0.2, 0) is 6.42 Å². The van der Waals surface area contributed by atoms with Gasteiger partial charge in [0, 0.05) is 17.6 Å². The van der Waals surface area contributed by atoms with Gasteiger partial charge in [-0.2, -0.15) is 0 Å². The maximum absolute atomic E-state index is 14.6. The van der Waals surface area contributed by atoms with Gasteiger partial charge in [-0.25, -0.2) is 8.78 Å². The van der Waals surface area contributed by atoms with E-state index < -0.39 is 34.7 Å². The highest BCUT2D eigenvalue weighted by molar-refractivity contribution is 5.95. The lowest BCUT2D eigenvalue weighted by Gasteiger charge is -2.38. The van der Waals surface area contributed by atoms with Crippen LogP contribution in [0.15, 0.2) is 59.4 Å². The number of nitrogens with one attached hydrogen (secondary N) is 1. The number of hydrogen-bond donors (Lipinski definition) is 1. The Morgan fingerprint density at radius 2 is 1.67 bits per heavy atom. The van der Waals surface area contributed by atoms with Crippen LogP contribution in [-0.4, -0.2) is 36.6 Å². The van der Waals surface area contributed by atoms with Gasteiger partial charge in [0.1, 0.15) is 17.2 Å². The molecule has 1 unspecified atom stereocenters. The smallest absolute Gasteiger partial charge is 0.260 e. The predicted molar refractivity (Wildman–Crippen MR) is 132 cm³/mol. The van der Waals surface area contributed by atoms with E-state index in [-0.39, 0.29) is 12.1 Å². The largest absolute Gasteiger partial charge is 0.493 e. The number of hydrogen-bond acceptors (Lipinski definition) is 4. The lowest BCUT2D eigenvalue weighted by atomic mass is 9.87. The monoisotopic (exact) mass is 490 g/mol. The molecule has 8 heteroatoms. The third-order valence-electron chi connectivity index (χ3n) is 6.64. The lowest BCUT2D eigenvalue weighted by molar-refractivity contribution is 0.0683. The molecule has 1 atom stereocenters. The van der Waals surface area contributed by atoms with Crippen LogP contribution >= 0.6 is 0 Å². The van der Waals surface area contributed by atoms with Gasteiger partial charge in [-0.15, -0.1) is 0 Å². The summed E-state index contributed by atoms with van der Waals surface area (Å²) in [6.45, 7) is 2.07. The second kappa shape index (κ2) is 9.11. The second-order valence-electron chi connectivity index (χ2n) is 8.80. The average Bonchev–Trinajstić information content (AvgIpc) is 2.86. The Morgan fingerprint density at radius 1 is 0.972 bits per heavy atom. The number of halogens is 2. The predicted octanol–water partition coefficient (Wildman–Crippen LogP) is 4.92. The minimum atomic E-state index is -0.959. The number of carbonyl (C=O) groups is 1. The van der Waals surface area contributed by atoms with E-state index in [9.17, 15) is 18.4 Å². The molecule has 2 heterocycles. The highest BCUT2D eigenvalue weighted by atomic mass is 19.1. The molecule has 0 bridgehead atoms. The number of amides is 1. The number of nitrogens with zero attached hydrogens (tertiary/aromatic N) is 1. The summed E-state index contributed by atoms with van der Waals surface area (Å²) in [5.74, 6) is -1.82. The molecule has 0 saturated heterocycles. The third-order valence-corrected chi connectivity index (χ3v) is 6.64. The summed E-state index contributed by atoms with van der Waals surface area (Å²) in [7, 11) is 3.02. The first-order chi connectivity index (χ1) is 17.3. The summed E-state index contributed by atoms with van der Waals surface area (Å²) in [5, 5.41) is 0.771. The molecule has 1 amide bonds. The topological polar surface area (TPSA) is 71.6 Å². The van der Waals surface area contributed by atoms with Crippen molar-refractivity contribution in [2.24, 2.45) is 0 Å². The number of pyridine rings is 1. The number of fused-ring (bicyclic) bond motifs is 2. The molecule has 1 aromatic heterocycles. The zero-order valence-electron chi connectivity index (χ0n) is 20.0. The van der Waals surface area contributed by atoms with Crippen molar-refractivity contribution in [2.45, 2.75) is 19.4 Å². The van der Waals surface area contributed by atoms with Crippen molar-refractivity contribution in [3.63, 3.8) is 0 Å². The van der Waals surface area contributed by atoms with E-state index in [4.69, 9.17) is 9.47 Å². The quantitative estimate of drug-likeness (QED) is 0.441. The fourth-order valence-corrected chi connectivity index (χ4v) is 4.88. The van der Waals surface area contributed by atoms with Crippen LogP contribution in [0.5, 0.6) is 11.5 Å². The van der Waals surface area contributed by atoms with Gasteiger partial charge in [-0.05, 0) is 71.8 Å². The molecule has 1 aliphatic heterocycles. The number of ether oxygens (including phenoxy) is 2. The molecule has 184 valence electrons. The number of aromatic amines is 1. The van der Waals surface area contributed by atoms with Crippen molar-refractivity contribution < 1.29 is 23.0 Å². The Bertz CT molecular complexity index is 1540. The zero-order valence-corrected chi connectivity index (χ0v) is 20.0. The molecule has 0 radical (unpaired) electrons. The molecule has 1 N–H and O–H groups in total. The number of methoxy groups -OCH3 is 2. The Hall–Kier alpha value is -4.20. The Labute approximate surface area is 206 Å². The van der Waals surface area contributed by atoms with Crippen LogP contribution in [0.2, 0.25) is 0 Å². The van der Waals surface area contributed by atoms with Gasteiger partial charge >= 0.3 is 0 Å². The first kappa shape index (κ1) is 23.5. The van der Waals surface area contributed by atoms with Crippen molar-refractivity contribution in [3.05, 3.63) is 104 Å². The molecular formula is C28H24F2N2O4. The van der Waals surface area contributed by atoms with Crippen LogP contribution in [0.4, 0.5) is 8.78 Å². The molecule has 3 aromatic carbocycles. The van der Waals surface area contributed by atoms with Crippen LogP contribution < -0.4 is 15.0 Å². The molecule has 0 saturated carbocycles. The van der Waals surface area contributed by atoms with Crippen molar-refractivity contribution in [3.8, 4) is 11.5 Å². The molecule has 5 rings (SSSR count). The van der Waals surface area contributed by atoms with E-state index >= 15 is 0 Å². The Kier molecular flexibility index (Phi) is 5.96. The average molecular weight is 491 g/mol. The normalized spacial score (nSPS) is 15.0. The summed E-state index contributed by atoms with van der Waals surface area (Å²) >= 11 is 0. The minimum absolute atomic E-state index is 0.144. The van der Waals surface area contributed by atoms with Gasteiger partial charge < -0.3 is 19.4 Å². The van der Waals surface area contributed by atoms with Crippen LogP contribution in [0, 0.1) is 18.6 Å². The number of rotatable bonds is 4. The Morgan fingerprint density at radius 3 is 2.36 bits per heavy atom. The number of benzene rings is 3. The van der Waals surface area contributed by atoms with E-state index in [1.54, 1.807) is 12.1 Å². The SMILES string of the molecule is COc1cc2c(cc1OC)C(c1cc3ccc(C)cc3[nH]c1=O)N(C(=O)c1c(F)cccc1F)CC2. The number of carbonyl (C=O) groups excluding carboxylic acids is 1. The second-order valence-corrected chi connectivity index (χ2v) is 8.80. The van der Waals surface area contributed by atoms with Crippen molar-refractivity contribution in [1.82, 2.24) is 9.88 Å². The number of aromatic nitrogens is 1. The first-order valence-electron chi connectivity index (χ1n) is 11.5. The highest BCUT2D eigenvalue weighted by Crippen LogP contribution is 2.41. The van der Waals surface area contributed by atoms with Crippen molar-refractivity contribution >= 4 is 16.8 Å². The van der Waals surface area contributed by atoms with Crippen molar-refractivity contribution in [1.29, 1.82) is 0 Å². The molecule has 0 aliphatic carbocycles. The van der Waals surface area contributed by atoms with E-state index in [2.05, 4.69) is 4.98 Å². The Balaban J connectivity index is 1.75. The number of H-pyrrole nitrogens is 1. The number of aryl methyl sites for hydroxylation is 1. The van der Waals surface area contributed by atoms with Crippen LogP contribution in [0.3, 0.4) is 0 Å². The van der Waals surface area contributed by atoms with Gasteiger partial charge in [0.25, 0.3) is 11.5 Å². The zero-order chi connectivity index (χ0) is 25.6. The molecule has 36 heavy (non-hydrogen) atoms. The fraction of sp³-hybridized carbons (Fsp3) is 0.214. The van der Waals surface area contributed by atoms with Gasteiger partial charge in [0.15, 0.2) is 11.5 Å². The highest BCUT2D eigenvalue weighted by Gasteiger charge is 2.37. The van der Waals surface area contributed by atoms with Gasteiger partial charge in [0.05, 0.1) is 20.3 Å². The standard InChI is InChI=1S/C28H24F2N2O4/c1-15-7-8-17-12-19(27(33)31-22(17)11-15)26-18-14-24(36-3)23(35-2)13-16(18)9-10-32(26)28(34)25-20(29)5-4-6-21(25)30/h4-8,11-14,26H,9-10H2,1-3H3,(H,31,33). The van der Waals surface area contributed by atoms with Gasteiger partial charge in [0.2, 0.25) is 0 Å². The van der Waals surface area contributed by atoms with E-state index in [0.717, 1.165) is 28.6 Å². The van der Waals surface area contributed by atoms with Crippen LogP contribution in [0.1, 0.15) is 38.7 Å². The summed E-state index contributed by atoms with van der Waals surface area (Å²) in [6, 6.07) is 13.3. The summed E-state index contributed by atoms with van der Waals surface area (Å²) in [4.78, 5) is 31.2. The minimum Gasteiger partial charge on any atom is -0.493 e. The summed E-state index contributed by atoms with van der Waals surface area (Å²) in [5.41, 5.74) is 2.35. The van der Waals surface area contributed by atoms with Crippen molar-refractivity contribution in [2.75, 3.05) is 20.8 Å². The van der Waals surface area contributed by atoms with Crippen LogP contribution in [0.25, 0.3) is 10.9 Å². The molecule has 4 aromatic rings. The first-order valence-corrected chi connectivity index (χ1v) is 11.5. The fourth-order valence-electron chi connectivity index (χ4n) is 4.88. The van der Waals surface area contributed by atoms with E-state index in [1.165, 1.54) is 25.2 Å². The maximum Gasteiger partial charge on any atom is 0.260 e. The molecule has 0 fully saturated rings. The molecule has 0 spiro atoms. The summed E-state index contributed by atoms with van der Waals surface area (Å²) in [6.07, 6.45) is 0.401. The molecule has 6 nitrogen and oxygen atoms in total. The third kappa shape index (κ3) is 3.88. The van der Waals surface area contributed by atoms with Gasteiger partial charge in [-0.1, -0.05) is 18.2 Å².